The Bertz CT molecular complexity index is 494. The largest absolute Gasteiger partial charge is 0.459 e. The molecule has 2 heteroatoms. The standard InChI is InChI=1S/C14H15NO/c1-4-11-5-7-12(8-6-11)14-9-13(15-3)10(2)16-14/h5-9H,3-4H2,1-2H3. The van der Waals surface area contributed by atoms with Crippen molar-refractivity contribution in [3.8, 4) is 11.3 Å². The Morgan fingerprint density at radius 3 is 2.44 bits per heavy atom. The maximum Gasteiger partial charge on any atom is 0.136 e. The molecule has 82 valence electrons. The van der Waals surface area contributed by atoms with E-state index in [-0.39, 0.29) is 0 Å². The van der Waals surface area contributed by atoms with E-state index >= 15 is 0 Å². The molecule has 2 nitrogen and oxygen atoms in total. The maximum absolute atomic E-state index is 5.63. The van der Waals surface area contributed by atoms with Crippen LogP contribution in [-0.4, -0.2) is 6.72 Å². The Morgan fingerprint density at radius 2 is 1.94 bits per heavy atom. The Morgan fingerprint density at radius 1 is 1.25 bits per heavy atom. The molecule has 0 aliphatic rings. The van der Waals surface area contributed by atoms with Crippen LogP contribution in [0.5, 0.6) is 0 Å². The molecule has 0 amide bonds. The summed E-state index contributed by atoms with van der Waals surface area (Å²) in [5.74, 6) is 1.66. The minimum Gasteiger partial charge on any atom is -0.459 e. The number of aryl methyl sites for hydroxylation is 2. The molecule has 0 saturated carbocycles. The molecular weight excluding hydrogens is 198 g/mol. The van der Waals surface area contributed by atoms with Gasteiger partial charge in [0.25, 0.3) is 0 Å². The van der Waals surface area contributed by atoms with E-state index in [1.807, 2.05) is 13.0 Å². The Balaban J connectivity index is 2.38. The smallest absolute Gasteiger partial charge is 0.136 e. The lowest BCUT2D eigenvalue weighted by atomic mass is 10.1. The summed E-state index contributed by atoms with van der Waals surface area (Å²) >= 11 is 0. The van der Waals surface area contributed by atoms with Gasteiger partial charge in [-0.2, -0.15) is 0 Å². The number of rotatable bonds is 3. The lowest BCUT2D eigenvalue weighted by Gasteiger charge is -1.98. The second-order valence-electron chi connectivity index (χ2n) is 3.76. The summed E-state index contributed by atoms with van der Waals surface area (Å²) in [4.78, 5) is 3.91. The lowest BCUT2D eigenvalue weighted by Crippen LogP contribution is -1.79. The molecule has 0 N–H and O–H groups in total. The molecule has 0 aliphatic carbocycles. The molecule has 0 aliphatic heterocycles. The van der Waals surface area contributed by atoms with Crippen molar-refractivity contribution in [2.75, 3.05) is 0 Å². The van der Waals surface area contributed by atoms with Gasteiger partial charge in [0.1, 0.15) is 17.2 Å². The first-order valence-corrected chi connectivity index (χ1v) is 5.41. The molecule has 0 bridgehead atoms. The molecule has 2 rings (SSSR count). The van der Waals surface area contributed by atoms with E-state index in [1.54, 1.807) is 0 Å². The van der Waals surface area contributed by atoms with Gasteiger partial charge in [0.15, 0.2) is 0 Å². The summed E-state index contributed by atoms with van der Waals surface area (Å²) in [5, 5.41) is 0. The topological polar surface area (TPSA) is 25.5 Å². The van der Waals surface area contributed by atoms with Crippen LogP contribution in [-0.2, 0) is 6.42 Å². The molecule has 16 heavy (non-hydrogen) atoms. The predicted molar refractivity (Wildman–Crippen MR) is 67.5 cm³/mol. The summed E-state index contributed by atoms with van der Waals surface area (Å²) in [6, 6.07) is 10.3. The SMILES string of the molecule is C=Nc1cc(-c2ccc(CC)cc2)oc1C. The van der Waals surface area contributed by atoms with E-state index in [4.69, 9.17) is 4.42 Å². The van der Waals surface area contributed by atoms with Gasteiger partial charge < -0.3 is 4.42 Å². The van der Waals surface area contributed by atoms with Gasteiger partial charge in [0.05, 0.1) is 0 Å². The van der Waals surface area contributed by atoms with Crippen LogP contribution in [0.15, 0.2) is 39.7 Å². The molecule has 0 atom stereocenters. The quantitative estimate of drug-likeness (QED) is 0.703. The number of benzene rings is 1. The van der Waals surface area contributed by atoms with E-state index in [2.05, 4.69) is 42.9 Å². The predicted octanol–water partition coefficient (Wildman–Crippen LogP) is 4.15. The number of hydrogen-bond acceptors (Lipinski definition) is 2. The van der Waals surface area contributed by atoms with Crippen LogP contribution >= 0.6 is 0 Å². The highest BCUT2D eigenvalue weighted by Gasteiger charge is 2.07. The van der Waals surface area contributed by atoms with Crippen LogP contribution in [0.2, 0.25) is 0 Å². The van der Waals surface area contributed by atoms with Crippen molar-refractivity contribution >= 4 is 12.4 Å². The van der Waals surface area contributed by atoms with Crippen LogP contribution in [0.25, 0.3) is 11.3 Å². The minimum absolute atomic E-state index is 0.810. The third-order valence-electron chi connectivity index (χ3n) is 2.71. The van der Waals surface area contributed by atoms with Gasteiger partial charge in [0, 0.05) is 11.6 Å². The third-order valence-corrected chi connectivity index (χ3v) is 2.71. The zero-order chi connectivity index (χ0) is 11.5. The molecule has 2 aromatic rings. The van der Waals surface area contributed by atoms with Gasteiger partial charge in [-0.25, -0.2) is 0 Å². The van der Waals surface area contributed by atoms with Crippen LogP contribution < -0.4 is 0 Å². The van der Waals surface area contributed by atoms with Crippen molar-refractivity contribution in [2.24, 2.45) is 4.99 Å². The zero-order valence-corrected chi connectivity index (χ0v) is 9.66. The first-order chi connectivity index (χ1) is 7.74. The zero-order valence-electron chi connectivity index (χ0n) is 9.66. The summed E-state index contributed by atoms with van der Waals surface area (Å²) in [7, 11) is 0. The van der Waals surface area contributed by atoms with Crippen molar-refractivity contribution in [1.29, 1.82) is 0 Å². The van der Waals surface area contributed by atoms with Gasteiger partial charge in [-0.1, -0.05) is 31.2 Å². The number of furan rings is 1. The van der Waals surface area contributed by atoms with E-state index < -0.39 is 0 Å². The van der Waals surface area contributed by atoms with Crippen molar-refractivity contribution in [2.45, 2.75) is 20.3 Å². The minimum atomic E-state index is 0.810. The van der Waals surface area contributed by atoms with Crippen molar-refractivity contribution in [1.82, 2.24) is 0 Å². The second kappa shape index (κ2) is 4.35. The molecule has 0 fully saturated rings. The van der Waals surface area contributed by atoms with Crippen molar-refractivity contribution in [3.05, 3.63) is 41.7 Å². The molecule has 1 aromatic carbocycles. The fraction of sp³-hybridized carbons (Fsp3) is 0.214. The molecule has 1 heterocycles. The molecule has 0 saturated heterocycles. The van der Waals surface area contributed by atoms with E-state index in [1.165, 1.54) is 5.56 Å². The van der Waals surface area contributed by atoms with Crippen LogP contribution in [0.3, 0.4) is 0 Å². The van der Waals surface area contributed by atoms with E-state index in [9.17, 15) is 0 Å². The molecule has 0 radical (unpaired) electrons. The summed E-state index contributed by atoms with van der Waals surface area (Å²) in [6.45, 7) is 7.56. The van der Waals surface area contributed by atoms with E-state index in [0.717, 1.165) is 29.2 Å². The number of hydrogen-bond donors (Lipinski definition) is 0. The monoisotopic (exact) mass is 213 g/mol. The third kappa shape index (κ3) is 1.91. The average molecular weight is 213 g/mol. The highest BCUT2D eigenvalue weighted by molar-refractivity contribution is 5.64. The highest BCUT2D eigenvalue weighted by atomic mass is 16.3. The fourth-order valence-corrected chi connectivity index (χ4v) is 1.68. The van der Waals surface area contributed by atoms with Gasteiger partial charge >= 0.3 is 0 Å². The first-order valence-electron chi connectivity index (χ1n) is 5.41. The van der Waals surface area contributed by atoms with E-state index in [0.29, 0.717) is 0 Å². The van der Waals surface area contributed by atoms with Crippen LogP contribution in [0.4, 0.5) is 5.69 Å². The molecule has 1 aromatic heterocycles. The highest BCUT2D eigenvalue weighted by Crippen LogP contribution is 2.30. The second-order valence-corrected chi connectivity index (χ2v) is 3.76. The summed E-state index contributed by atoms with van der Waals surface area (Å²) in [6.07, 6.45) is 1.05. The maximum atomic E-state index is 5.63. The number of nitrogens with zero attached hydrogens (tertiary/aromatic N) is 1. The summed E-state index contributed by atoms with van der Waals surface area (Å²) < 4.78 is 5.63. The lowest BCUT2D eigenvalue weighted by molar-refractivity contribution is 0.549. The number of aliphatic imine (C=N–C) groups is 1. The Labute approximate surface area is 95.6 Å². The van der Waals surface area contributed by atoms with Gasteiger partial charge in [0.2, 0.25) is 0 Å². The molecule has 0 unspecified atom stereocenters. The van der Waals surface area contributed by atoms with Gasteiger partial charge in [-0.05, 0) is 25.6 Å². The Kier molecular flexibility index (Phi) is 2.91. The van der Waals surface area contributed by atoms with Gasteiger partial charge in [-0.3, -0.25) is 4.99 Å². The first kappa shape index (κ1) is 10.7. The van der Waals surface area contributed by atoms with Gasteiger partial charge in [-0.15, -0.1) is 0 Å². The van der Waals surface area contributed by atoms with Crippen LogP contribution in [0, 0.1) is 6.92 Å². The fourth-order valence-electron chi connectivity index (χ4n) is 1.68. The average Bonchev–Trinajstić information content (AvgIpc) is 2.71. The van der Waals surface area contributed by atoms with Crippen LogP contribution in [0.1, 0.15) is 18.2 Å². The van der Waals surface area contributed by atoms with Crippen molar-refractivity contribution in [3.63, 3.8) is 0 Å². The molecular formula is C14H15NO. The normalized spacial score (nSPS) is 10.4. The molecule has 0 spiro atoms. The Hall–Kier alpha value is -1.83. The summed E-state index contributed by atoms with van der Waals surface area (Å²) in [5.41, 5.74) is 3.22. The van der Waals surface area contributed by atoms with Crippen molar-refractivity contribution < 1.29 is 4.42 Å².